The van der Waals surface area contributed by atoms with Crippen molar-refractivity contribution in [2.24, 2.45) is 5.92 Å². The van der Waals surface area contributed by atoms with E-state index >= 15 is 0 Å². The van der Waals surface area contributed by atoms with E-state index in [1.807, 2.05) is 16.3 Å². The smallest absolute Gasteiger partial charge is 0.254 e. The number of amides is 1. The van der Waals surface area contributed by atoms with Gasteiger partial charge in [0.2, 0.25) is 0 Å². The van der Waals surface area contributed by atoms with E-state index in [2.05, 4.69) is 29.5 Å². The van der Waals surface area contributed by atoms with E-state index in [0.717, 1.165) is 24.6 Å². The molecule has 1 amide bonds. The van der Waals surface area contributed by atoms with Crippen LogP contribution in [0.3, 0.4) is 0 Å². The van der Waals surface area contributed by atoms with Crippen molar-refractivity contribution in [3.8, 4) is 0 Å². The molecule has 1 unspecified atom stereocenters. The van der Waals surface area contributed by atoms with Gasteiger partial charge in [-0.1, -0.05) is 13.3 Å². The number of hydrogen-bond donors (Lipinski definition) is 0. The zero-order valence-corrected chi connectivity index (χ0v) is 12.4. The van der Waals surface area contributed by atoms with Gasteiger partial charge in [-0.2, -0.15) is 0 Å². The zero-order chi connectivity index (χ0) is 11.5. The summed E-state index contributed by atoms with van der Waals surface area (Å²) in [5.74, 6) is 0.949. The molecule has 1 saturated heterocycles. The molecule has 0 bridgehead atoms. The van der Waals surface area contributed by atoms with Crippen molar-refractivity contribution >= 4 is 39.8 Å². The van der Waals surface area contributed by atoms with Gasteiger partial charge in [-0.15, -0.1) is 11.3 Å². The quantitative estimate of drug-likeness (QED) is 0.764. The Morgan fingerprint density at radius 3 is 3.12 bits per heavy atom. The Kier molecular flexibility index (Phi) is 4.24. The first kappa shape index (κ1) is 12.4. The molecule has 2 nitrogen and oxygen atoms in total. The Hall–Kier alpha value is -0.100. The Labute approximate surface area is 114 Å². The van der Waals surface area contributed by atoms with Crippen LogP contribution in [-0.4, -0.2) is 23.9 Å². The fraction of sp³-hybridized carbons (Fsp3) is 0.583. The monoisotopic (exact) mass is 349 g/mol. The van der Waals surface area contributed by atoms with Crippen molar-refractivity contribution in [3.05, 3.63) is 19.9 Å². The first-order valence-corrected chi connectivity index (χ1v) is 7.70. The van der Waals surface area contributed by atoms with Gasteiger partial charge in [0.1, 0.15) is 0 Å². The average molecular weight is 349 g/mol. The van der Waals surface area contributed by atoms with Gasteiger partial charge in [-0.05, 0) is 47.4 Å². The number of likely N-dealkylation sites (tertiary alicyclic amines) is 1. The number of hydrogen-bond acceptors (Lipinski definition) is 2. The molecule has 1 aliphatic rings. The van der Waals surface area contributed by atoms with Crippen molar-refractivity contribution in [2.75, 3.05) is 13.1 Å². The van der Waals surface area contributed by atoms with E-state index in [1.54, 1.807) is 11.3 Å². The highest BCUT2D eigenvalue weighted by molar-refractivity contribution is 14.1. The fourth-order valence-electron chi connectivity index (χ4n) is 2.27. The molecule has 0 N–H and O–H groups in total. The lowest BCUT2D eigenvalue weighted by atomic mass is 10.0. The van der Waals surface area contributed by atoms with Crippen LogP contribution in [0.2, 0.25) is 0 Å². The number of rotatable bonds is 3. The molecule has 1 atom stereocenters. The molecule has 2 heterocycles. The number of nitrogens with zero attached hydrogens (tertiary/aromatic N) is 1. The highest BCUT2D eigenvalue weighted by Gasteiger charge is 2.26. The summed E-state index contributed by atoms with van der Waals surface area (Å²) in [5, 5.41) is 1.97. The second-order valence-electron chi connectivity index (χ2n) is 4.33. The van der Waals surface area contributed by atoms with Crippen LogP contribution >= 0.6 is 33.9 Å². The highest BCUT2D eigenvalue weighted by Crippen LogP contribution is 2.24. The van der Waals surface area contributed by atoms with E-state index in [9.17, 15) is 4.79 Å². The van der Waals surface area contributed by atoms with Crippen LogP contribution in [0.25, 0.3) is 0 Å². The zero-order valence-electron chi connectivity index (χ0n) is 9.41. The molecule has 0 saturated carbocycles. The second kappa shape index (κ2) is 5.49. The summed E-state index contributed by atoms with van der Waals surface area (Å²) in [6.07, 6.45) is 3.66. The molecule has 4 heteroatoms. The van der Waals surface area contributed by atoms with Crippen LogP contribution in [0.15, 0.2) is 11.4 Å². The van der Waals surface area contributed by atoms with Crippen LogP contribution < -0.4 is 0 Å². The van der Waals surface area contributed by atoms with E-state index in [-0.39, 0.29) is 5.91 Å². The largest absolute Gasteiger partial charge is 0.338 e. The lowest BCUT2D eigenvalue weighted by Gasteiger charge is -2.15. The molecule has 0 aromatic carbocycles. The number of carbonyl (C=O) groups is 1. The molecule has 0 aliphatic carbocycles. The Morgan fingerprint density at radius 1 is 1.69 bits per heavy atom. The van der Waals surface area contributed by atoms with Crippen molar-refractivity contribution < 1.29 is 4.79 Å². The van der Waals surface area contributed by atoms with Gasteiger partial charge < -0.3 is 4.90 Å². The van der Waals surface area contributed by atoms with Gasteiger partial charge in [0.15, 0.2) is 0 Å². The Balaban J connectivity index is 1.97. The molecule has 1 aliphatic heterocycles. The number of thiophene rings is 1. The molecule has 16 heavy (non-hydrogen) atoms. The summed E-state index contributed by atoms with van der Waals surface area (Å²) >= 11 is 3.90. The van der Waals surface area contributed by atoms with Crippen LogP contribution in [-0.2, 0) is 0 Å². The summed E-state index contributed by atoms with van der Waals surface area (Å²) in [4.78, 5) is 14.2. The molecule has 1 aromatic heterocycles. The fourth-order valence-corrected chi connectivity index (χ4v) is 3.59. The summed E-state index contributed by atoms with van der Waals surface area (Å²) in [6, 6.07) is 1.99. The lowest BCUT2D eigenvalue weighted by molar-refractivity contribution is 0.0787. The first-order chi connectivity index (χ1) is 7.70. The van der Waals surface area contributed by atoms with E-state index in [4.69, 9.17) is 0 Å². The van der Waals surface area contributed by atoms with Crippen LogP contribution in [0.1, 0.15) is 36.5 Å². The first-order valence-electron chi connectivity index (χ1n) is 5.74. The van der Waals surface area contributed by atoms with Crippen LogP contribution in [0.4, 0.5) is 0 Å². The molecule has 88 valence electrons. The van der Waals surface area contributed by atoms with Gasteiger partial charge in [0.05, 0.1) is 8.45 Å². The summed E-state index contributed by atoms with van der Waals surface area (Å²) in [7, 11) is 0. The van der Waals surface area contributed by atoms with Gasteiger partial charge in [0.25, 0.3) is 5.91 Å². The molecule has 0 spiro atoms. The second-order valence-corrected chi connectivity index (χ2v) is 7.14. The number of carbonyl (C=O) groups excluding carboxylic acids is 1. The molecule has 2 rings (SSSR count). The molecular formula is C12H16INOS. The molecule has 1 fully saturated rings. The highest BCUT2D eigenvalue weighted by atomic mass is 127. The minimum absolute atomic E-state index is 0.220. The van der Waals surface area contributed by atoms with Crippen molar-refractivity contribution in [1.82, 2.24) is 4.90 Å². The summed E-state index contributed by atoms with van der Waals surface area (Å²) < 4.78 is 1.19. The minimum Gasteiger partial charge on any atom is -0.338 e. The van der Waals surface area contributed by atoms with Gasteiger partial charge in [-0.25, -0.2) is 0 Å². The van der Waals surface area contributed by atoms with Gasteiger partial charge in [0, 0.05) is 18.5 Å². The number of halogens is 1. The third-order valence-corrected chi connectivity index (χ3v) is 4.87. The maximum Gasteiger partial charge on any atom is 0.254 e. The van der Waals surface area contributed by atoms with Crippen molar-refractivity contribution in [1.29, 1.82) is 0 Å². The third kappa shape index (κ3) is 2.77. The predicted molar refractivity (Wildman–Crippen MR) is 76.0 cm³/mol. The van der Waals surface area contributed by atoms with Gasteiger partial charge >= 0.3 is 0 Å². The minimum atomic E-state index is 0.220. The van der Waals surface area contributed by atoms with Gasteiger partial charge in [-0.3, -0.25) is 4.79 Å². The Bertz CT molecular complexity index is 377. The average Bonchev–Trinajstić information content (AvgIpc) is 2.87. The van der Waals surface area contributed by atoms with Crippen molar-refractivity contribution in [3.63, 3.8) is 0 Å². The van der Waals surface area contributed by atoms with Crippen LogP contribution in [0.5, 0.6) is 0 Å². The molecular weight excluding hydrogens is 333 g/mol. The summed E-state index contributed by atoms with van der Waals surface area (Å²) in [5.41, 5.74) is 0.867. The standard InChI is InChI=1S/C12H16INOS/c1-2-3-9-4-5-14(7-9)12(15)10-6-11(13)16-8-10/h6,8-9H,2-5,7H2,1H3. The topological polar surface area (TPSA) is 20.3 Å². The SMILES string of the molecule is CCCC1CCN(C(=O)c2csc(I)c2)C1. The maximum absolute atomic E-state index is 12.1. The van der Waals surface area contributed by atoms with E-state index < -0.39 is 0 Å². The predicted octanol–water partition coefficient (Wildman–Crippen LogP) is 3.61. The Morgan fingerprint density at radius 2 is 2.50 bits per heavy atom. The molecule has 0 radical (unpaired) electrons. The lowest BCUT2D eigenvalue weighted by Crippen LogP contribution is -2.28. The normalized spacial score (nSPS) is 20.4. The summed E-state index contributed by atoms with van der Waals surface area (Å²) in [6.45, 7) is 4.11. The van der Waals surface area contributed by atoms with E-state index in [0.29, 0.717) is 0 Å². The maximum atomic E-state index is 12.1. The van der Waals surface area contributed by atoms with E-state index in [1.165, 1.54) is 22.1 Å². The third-order valence-electron chi connectivity index (χ3n) is 3.08. The molecule has 1 aromatic rings. The van der Waals surface area contributed by atoms with Crippen molar-refractivity contribution in [2.45, 2.75) is 26.2 Å². The van der Waals surface area contributed by atoms with Crippen LogP contribution in [0, 0.1) is 8.80 Å².